The van der Waals surface area contributed by atoms with Crippen LogP contribution < -0.4 is 0 Å². The smallest absolute Gasteiger partial charge is 0.129 e. The number of ether oxygens (including phenoxy) is 1. The Morgan fingerprint density at radius 1 is 1.47 bits per heavy atom. The van der Waals surface area contributed by atoms with E-state index in [2.05, 4.69) is 0 Å². The summed E-state index contributed by atoms with van der Waals surface area (Å²) in [4.78, 5) is 0. The van der Waals surface area contributed by atoms with Gasteiger partial charge in [0.15, 0.2) is 0 Å². The van der Waals surface area contributed by atoms with Crippen LogP contribution in [0.4, 0.5) is 4.39 Å². The Morgan fingerprint density at radius 2 is 2.18 bits per heavy atom. The number of benzene rings is 1. The molecule has 1 aromatic rings. The van der Waals surface area contributed by atoms with Crippen molar-refractivity contribution in [1.82, 2.24) is 0 Å². The van der Waals surface area contributed by atoms with Crippen LogP contribution in [0.3, 0.4) is 0 Å². The van der Waals surface area contributed by atoms with E-state index in [9.17, 15) is 9.50 Å². The van der Waals surface area contributed by atoms with Gasteiger partial charge >= 0.3 is 0 Å². The van der Waals surface area contributed by atoms with Gasteiger partial charge in [0.25, 0.3) is 0 Å². The van der Waals surface area contributed by atoms with Gasteiger partial charge in [-0.25, -0.2) is 4.39 Å². The molecule has 1 unspecified atom stereocenters. The van der Waals surface area contributed by atoms with Crippen molar-refractivity contribution in [2.24, 2.45) is 0 Å². The minimum atomic E-state index is -0.782. The van der Waals surface area contributed by atoms with Crippen LogP contribution in [0.25, 0.3) is 0 Å². The number of methoxy groups -OCH3 is 1. The average molecular weight is 238 g/mol. The molecule has 1 atom stereocenters. The van der Waals surface area contributed by atoms with Gasteiger partial charge in [0.2, 0.25) is 0 Å². The van der Waals surface area contributed by atoms with Crippen LogP contribution in [-0.4, -0.2) is 17.8 Å². The van der Waals surface area contributed by atoms with Crippen molar-refractivity contribution in [1.29, 1.82) is 0 Å². The zero-order valence-corrected chi connectivity index (χ0v) is 10.4. The molecule has 0 spiro atoms. The highest BCUT2D eigenvalue weighted by Gasteiger charge is 2.39. The molecule has 0 amide bonds. The molecule has 1 saturated carbocycles. The Morgan fingerprint density at radius 3 is 2.71 bits per heavy atom. The van der Waals surface area contributed by atoms with Gasteiger partial charge in [-0.05, 0) is 32.3 Å². The van der Waals surface area contributed by atoms with Crippen molar-refractivity contribution >= 4 is 0 Å². The summed E-state index contributed by atoms with van der Waals surface area (Å²) >= 11 is 0. The van der Waals surface area contributed by atoms with E-state index in [1.807, 2.05) is 6.92 Å². The van der Waals surface area contributed by atoms with Crippen LogP contribution in [-0.2, 0) is 4.74 Å². The number of aliphatic hydroxyl groups excluding tert-OH is 1. The van der Waals surface area contributed by atoms with Crippen molar-refractivity contribution in [3.63, 3.8) is 0 Å². The summed E-state index contributed by atoms with van der Waals surface area (Å²) in [6, 6.07) is 4.83. The number of halogens is 1. The van der Waals surface area contributed by atoms with Crippen molar-refractivity contribution in [3.05, 3.63) is 35.1 Å². The van der Waals surface area contributed by atoms with E-state index in [4.69, 9.17) is 4.74 Å². The first-order valence-electron chi connectivity index (χ1n) is 6.06. The molecule has 0 heterocycles. The third-order valence-electron chi connectivity index (χ3n) is 3.77. The SMILES string of the molecule is COC1(CC(O)c2cc(C)ccc2F)CCC1. The lowest BCUT2D eigenvalue weighted by molar-refractivity contribution is -0.100. The van der Waals surface area contributed by atoms with Gasteiger partial charge in [-0.15, -0.1) is 0 Å². The molecule has 1 aromatic carbocycles. The van der Waals surface area contributed by atoms with Crippen LogP contribution >= 0.6 is 0 Å². The fraction of sp³-hybridized carbons (Fsp3) is 0.571. The zero-order valence-electron chi connectivity index (χ0n) is 10.4. The van der Waals surface area contributed by atoms with Gasteiger partial charge in [-0.3, -0.25) is 0 Å². The summed E-state index contributed by atoms with van der Waals surface area (Å²) in [5.74, 6) is -0.339. The summed E-state index contributed by atoms with van der Waals surface area (Å²) in [6.45, 7) is 1.89. The molecule has 17 heavy (non-hydrogen) atoms. The van der Waals surface area contributed by atoms with Crippen LogP contribution in [0.15, 0.2) is 18.2 Å². The largest absolute Gasteiger partial charge is 0.388 e. The molecule has 0 radical (unpaired) electrons. The number of hydrogen-bond donors (Lipinski definition) is 1. The second kappa shape index (κ2) is 4.75. The monoisotopic (exact) mass is 238 g/mol. The summed E-state index contributed by atoms with van der Waals surface area (Å²) in [5.41, 5.74) is 1.10. The number of hydrogen-bond acceptors (Lipinski definition) is 2. The first-order chi connectivity index (χ1) is 8.06. The highest BCUT2D eigenvalue weighted by Crippen LogP contribution is 2.42. The minimum absolute atomic E-state index is 0.240. The predicted molar refractivity (Wildman–Crippen MR) is 64.3 cm³/mol. The molecular weight excluding hydrogens is 219 g/mol. The highest BCUT2D eigenvalue weighted by atomic mass is 19.1. The molecule has 1 N–H and O–H groups in total. The lowest BCUT2D eigenvalue weighted by Crippen LogP contribution is -2.40. The van der Waals surface area contributed by atoms with Gasteiger partial charge in [0, 0.05) is 19.1 Å². The van der Waals surface area contributed by atoms with Crippen molar-refractivity contribution in [2.75, 3.05) is 7.11 Å². The first-order valence-corrected chi connectivity index (χ1v) is 6.06. The van der Waals surface area contributed by atoms with E-state index in [1.165, 1.54) is 6.07 Å². The number of aliphatic hydroxyl groups is 1. The Bertz CT molecular complexity index is 394. The summed E-state index contributed by atoms with van der Waals surface area (Å²) in [6.07, 6.45) is 2.72. The fourth-order valence-corrected chi connectivity index (χ4v) is 2.44. The highest BCUT2D eigenvalue weighted by molar-refractivity contribution is 5.26. The van der Waals surface area contributed by atoms with Gasteiger partial charge < -0.3 is 9.84 Å². The Balaban J connectivity index is 2.13. The van der Waals surface area contributed by atoms with E-state index < -0.39 is 6.10 Å². The predicted octanol–water partition coefficient (Wildman–Crippen LogP) is 3.13. The molecule has 0 aliphatic heterocycles. The molecule has 2 nitrogen and oxygen atoms in total. The Hall–Kier alpha value is -0.930. The van der Waals surface area contributed by atoms with E-state index in [0.717, 1.165) is 24.8 Å². The van der Waals surface area contributed by atoms with Crippen molar-refractivity contribution < 1.29 is 14.2 Å². The maximum absolute atomic E-state index is 13.6. The average Bonchev–Trinajstić information content (AvgIpc) is 2.26. The van der Waals surface area contributed by atoms with E-state index in [-0.39, 0.29) is 11.4 Å². The standard InChI is InChI=1S/C14H19FO2/c1-10-4-5-12(15)11(8-10)13(16)9-14(17-2)6-3-7-14/h4-5,8,13,16H,3,6-7,9H2,1-2H3. The molecule has 1 fully saturated rings. The Labute approximate surface area is 101 Å². The quantitative estimate of drug-likeness (QED) is 0.873. The normalized spacial score (nSPS) is 19.8. The van der Waals surface area contributed by atoms with Gasteiger partial charge in [-0.2, -0.15) is 0 Å². The molecule has 1 aliphatic rings. The first kappa shape index (κ1) is 12.5. The van der Waals surface area contributed by atoms with E-state index >= 15 is 0 Å². The molecule has 94 valence electrons. The maximum atomic E-state index is 13.6. The lowest BCUT2D eigenvalue weighted by atomic mass is 9.75. The molecule has 0 bridgehead atoms. The third kappa shape index (κ3) is 2.50. The molecule has 0 aromatic heterocycles. The van der Waals surface area contributed by atoms with Crippen LogP contribution in [0.5, 0.6) is 0 Å². The van der Waals surface area contributed by atoms with Crippen LogP contribution in [0, 0.1) is 12.7 Å². The zero-order chi connectivity index (χ0) is 12.5. The number of rotatable bonds is 4. The summed E-state index contributed by atoms with van der Waals surface area (Å²) in [7, 11) is 1.67. The van der Waals surface area contributed by atoms with Crippen LogP contribution in [0.1, 0.15) is 42.9 Å². The number of aryl methyl sites for hydroxylation is 1. The second-order valence-electron chi connectivity index (χ2n) is 4.99. The van der Waals surface area contributed by atoms with Gasteiger partial charge in [0.1, 0.15) is 5.82 Å². The summed E-state index contributed by atoms with van der Waals surface area (Å²) < 4.78 is 19.1. The van der Waals surface area contributed by atoms with E-state index in [0.29, 0.717) is 12.0 Å². The van der Waals surface area contributed by atoms with Gasteiger partial charge in [-0.1, -0.05) is 17.7 Å². The summed E-state index contributed by atoms with van der Waals surface area (Å²) in [5, 5.41) is 10.1. The topological polar surface area (TPSA) is 29.5 Å². The van der Waals surface area contributed by atoms with Crippen molar-refractivity contribution in [2.45, 2.75) is 44.3 Å². The Kier molecular flexibility index (Phi) is 3.50. The molecular formula is C14H19FO2. The fourth-order valence-electron chi connectivity index (χ4n) is 2.44. The van der Waals surface area contributed by atoms with Gasteiger partial charge in [0.05, 0.1) is 11.7 Å². The maximum Gasteiger partial charge on any atom is 0.129 e. The molecule has 3 heteroatoms. The van der Waals surface area contributed by atoms with Crippen LogP contribution in [0.2, 0.25) is 0 Å². The molecule has 2 rings (SSSR count). The minimum Gasteiger partial charge on any atom is -0.388 e. The lowest BCUT2D eigenvalue weighted by Gasteiger charge is -2.41. The van der Waals surface area contributed by atoms with E-state index in [1.54, 1.807) is 19.2 Å². The molecule has 1 aliphatic carbocycles. The van der Waals surface area contributed by atoms with Crippen molar-refractivity contribution in [3.8, 4) is 0 Å². The third-order valence-corrected chi connectivity index (χ3v) is 3.77. The second-order valence-corrected chi connectivity index (χ2v) is 4.99. The molecule has 0 saturated heterocycles.